The van der Waals surface area contributed by atoms with Crippen LogP contribution in [0.25, 0.3) is 11.0 Å². The van der Waals surface area contributed by atoms with Crippen LogP contribution in [0.2, 0.25) is 0 Å². The van der Waals surface area contributed by atoms with Gasteiger partial charge in [-0.2, -0.15) is 4.68 Å². The number of carbonyl (C=O) groups is 1. The highest BCUT2D eigenvalue weighted by Crippen LogP contribution is 2.38. The van der Waals surface area contributed by atoms with Crippen LogP contribution in [-0.4, -0.2) is 51.7 Å². The normalized spacial score (nSPS) is 19.7. The molecule has 0 N–H and O–H groups in total. The van der Waals surface area contributed by atoms with E-state index in [1.807, 2.05) is 38.1 Å². The molecule has 3 aromatic rings. The molecule has 1 atom stereocenters. The molecule has 32 heavy (non-hydrogen) atoms. The minimum Gasteiger partial charge on any atom is -0.475 e. The molecule has 1 saturated carbocycles. The van der Waals surface area contributed by atoms with E-state index in [0.717, 1.165) is 25.7 Å². The standard InChI is InChI=1S/C23H28N4O5/c1-15(2)21(22(28)27-18-6-4-3-5-17(18)24-26-27)19-13-20(25-32-19)29-14-16-7-9-23(10-8-16)30-11-12-31-23/h3-6,13,15-16,21H,7-12,14H2,1-2H3. The highest BCUT2D eigenvalue weighted by Gasteiger charge is 2.40. The molecule has 5 rings (SSSR count). The van der Waals surface area contributed by atoms with E-state index in [1.165, 1.54) is 4.68 Å². The van der Waals surface area contributed by atoms with Crippen LogP contribution in [0.4, 0.5) is 0 Å². The molecule has 1 saturated heterocycles. The summed E-state index contributed by atoms with van der Waals surface area (Å²) in [6, 6.07) is 9.10. The number of para-hydroxylation sites is 1. The number of hydrogen-bond donors (Lipinski definition) is 0. The van der Waals surface area contributed by atoms with Crippen LogP contribution < -0.4 is 4.74 Å². The lowest BCUT2D eigenvalue weighted by atomic mass is 9.85. The van der Waals surface area contributed by atoms with Crippen LogP contribution in [0.1, 0.15) is 56.0 Å². The van der Waals surface area contributed by atoms with Gasteiger partial charge in [0.1, 0.15) is 11.4 Å². The third kappa shape index (κ3) is 4.02. The molecule has 9 nitrogen and oxygen atoms in total. The lowest BCUT2D eigenvalue weighted by Crippen LogP contribution is -2.36. The van der Waals surface area contributed by atoms with E-state index in [9.17, 15) is 4.79 Å². The second-order valence-corrected chi connectivity index (χ2v) is 8.98. The van der Waals surface area contributed by atoms with Gasteiger partial charge in [-0.3, -0.25) is 4.79 Å². The molecular weight excluding hydrogens is 412 g/mol. The molecule has 3 heterocycles. The SMILES string of the molecule is CC(C)C(C(=O)n1nnc2ccccc21)c1cc(OCC2CCC3(CC2)OCCO3)no1. The van der Waals surface area contributed by atoms with Crippen molar-refractivity contribution in [3.05, 3.63) is 36.1 Å². The third-order valence-electron chi connectivity index (χ3n) is 6.45. The van der Waals surface area contributed by atoms with E-state index >= 15 is 0 Å². The molecule has 2 aromatic heterocycles. The van der Waals surface area contributed by atoms with Crippen molar-refractivity contribution >= 4 is 16.9 Å². The van der Waals surface area contributed by atoms with Crippen molar-refractivity contribution in [1.82, 2.24) is 20.2 Å². The molecule has 9 heteroatoms. The Morgan fingerprint density at radius 3 is 2.72 bits per heavy atom. The maximum Gasteiger partial charge on any atom is 0.259 e. The van der Waals surface area contributed by atoms with E-state index < -0.39 is 5.92 Å². The summed E-state index contributed by atoms with van der Waals surface area (Å²) in [7, 11) is 0. The van der Waals surface area contributed by atoms with Crippen molar-refractivity contribution in [2.45, 2.75) is 51.2 Å². The minimum atomic E-state index is -0.545. The Bertz CT molecular complexity index is 1070. The number of nitrogens with zero attached hydrogens (tertiary/aromatic N) is 4. The number of carbonyl (C=O) groups excluding carboxylic acids is 1. The smallest absolute Gasteiger partial charge is 0.259 e. The topological polar surface area (TPSA) is 102 Å². The predicted octanol–water partition coefficient (Wildman–Crippen LogP) is 3.81. The highest BCUT2D eigenvalue weighted by atomic mass is 16.7. The van der Waals surface area contributed by atoms with E-state index in [2.05, 4.69) is 15.5 Å². The monoisotopic (exact) mass is 440 g/mol. The Hall–Kier alpha value is -2.78. The van der Waals surface area contributed by atoms with Crippen molar-refractivity contribution in [2.24, 2.45) is 11.8 Å². The number of rotatable bonds is 6. The average molecular weight is 441 g/mol. The first kappa shape index (κ1) is 21.1. The fourth-order valence-electron chi connectivity index (χ4n) is 4.66. The van der Waals surface area contributed by atoms with E-state index in [-0.39, 0.29) is 17.6 Å². The van der Waals surface area contributed by atoms with Crippen molar-refractivity contribution in [3.8, 4) is 5.88 Å². The largest absolute Gasteiger partial charge is 0.475 e. The van der Waals surface area contributed by atoms with Gasteiger partial charge in [-0.25, -0.2) is 0 Å². The Labute approximate surface area is 186 Å². The zero-order chi connectivity index (χ0) is 22.1. The minimum absolute atomic E-state index is 0.0211. The molecule has 1 unspecified atom stereocenters. The maximum atomic E-state index is 13.3. The number of hydrogen-bond acceptors (Lipinski definition) is 8. The van der Waals surface area contributed by atoms with Gasteiger partial charge in [-0.15, -0.1) is 5.10 Å². The summed E-state index contributed by atoms with van der Waals surface area (Å²) in [4.78, 5) is 13.3. The van der Waals surface area contributed by atoms with Gasteiger partial charge < -0.3 is 18.7 Å². The van der Waals surface area contributed by atoms with Crippen LogP contribution >= 0.6 is 0 Å². The Morgan fingerprint density at radius 2 is 1.97 bits per heavy atom. The lowest BCUT2D eigenvalue weighted by Gasteiger charge is -2.35. The molecule has 1 aliphatic heterocycles. The third-order valence-corrected chi connectivity index (χ3v) is 6.45. The molecule has 0 amide bonds. The molecule has 0 radical (unpaired) electrons. The van der Waals surface area contributed by atoms with Gasteiger partial charge in [-0.05, 0) is 42.0 Å². The van der Waals surface area contributed by atoms with Crippen LogP contribution in [0.15, 0.2) is 34.9 Å². The van der Waals surface area contributed by atoms with Gasteiger partial charge in [0.05, 0.1) is 25.3 Å². The van der Waals surface area contributed by atoms with E-state index in [4.69, 9.17) is 18.7 Å². The van der Waals surface area contributed by atoms with Gasteiger partial charge >= 0.3 is 0 Å². The molecule has 1 spiro atoms. The highest BCUT2D eigenvalue weighted by molar-refractivity contribution is 5.92. The number of benzene rings is 1. The molecule has 170 valence electrons. The van der Waals surface area contributed by atoms with Gasteiger partial charge in [0.2, 0.25) is 0 Å². The second kappa shape index (κ2) is 8.63. The number of ether oxygens (including phenoxy) is 3. The molecular formula is C23H28N4O5. The van der Waals surface area contributed by atoms with Crippen LogP contribution in [-0.2, 0) is 9.47 Å². The molecule has 1 aromatic carbocycles. The molecule has 1 aliphatic carbocycles. The number of fused-ring (bicyclic) bond motifs is 1. The fourth-order valence-corrected chi connectivity index (χ4v) is 4.66. The first-order chi connectivity index (χ1) is 15.5. The summed E-state index contributed by atoms with van der Waals surface area (Å²) in [5, 5.41) is 12.2. The second-order valence-electron chi connectivity index (χ2n) is 8.98. The molecule has 0 bridgehead atoms. The Balaban J connectivity index is 1.24. The zero-order valence-electron chi connectivity index (χ0n) is 18.4. The summed E-state index contributed by atoms with van der Waals surface area (Å²) in [5.74, 6) is 0.144. The molecule has 2 aliphatic rings. The maximum absolute atomic E-state index is 13.3. The Morgan fingerprint density at radius 1 is 1.22 bits per heavy atom. The van der Waals surface area contributed by atoms with Crippen LogP contribution in [0.5, 0.6) is 5.88 Å². The van der Waals surface area contributed by atoms with Gasteiger partial charge in [0.15, 0.2) is 11.5 Å². The summed E-state index contributed by atoms with van der Waals surface area (Å²) in [6.07, 6.45) is 3.75. The summed E-state index contributed by atoms with van der Waals surface area (Å²) in [5.41, 5.74) is 1.34. The molecule has 2 fully saturated rings. The summed E-state index contributed by atoms with van der Waals surface area (Å²) >= 11 is 0. The van der Waals surface area contributed by atoms with Crippen molar-refractivity contribution < 1.29 is 23.5 Å². The van der Waals surface area contributed by atoms with Crippen LogP contribution in [0, 0.1) is 11.8 Å². The average Bonchev–Trinajstić information content (AvgIpc) is 3.54. The summed E-state index contributed by atoms with van der Waals surface area (Å²) in [6.45, 7) is 5.85. The zero-order valence-corrected chi connectivity index (χ0v) is 18.4. The quantitative estimate of drug-likeness (QED) is 0.570. The van der Waals surface area contributed by atoms with Crippen molar-refractivity contribution in [2.75, 3.05) is 19.8 Å². The van der Waals surface area contributed by atoms with Gasteiger partial charge in [0, 0.05) is 18.9 Å². The van der Waals surface area contributed by atoms with E-state index in [0.29, 0.717) is 48.4 Å². The Kier molecular flexibility index (Phi) is 5.69. The van der Waals surface area contributed by atoms with Gasteiger partial charge in [0.25, 0.3) is 11.8 Å². The van der Waals surface area contributed by atoms with Crippen molar-refractivity contribution in [3.63, 3.8) is 0 Å². The van der Waals surface area contributed by atoms with E-state index in [1.54, 1.807) is 6.07 Å². The van der Waals surface area contributed by atoms with Crippen molar-refractivity contribution in [1.29, 1.82) is 0 Å². The first-order valence-electron chi connectivity index (χ1n) is 11.3. The number of aromatic nitrogens is 4. The summed E-state index contributed by atoms with van der Waals surface area (Å²) < 4.78 is 24.4. The van der Waals surface area contributed by atoms with Gasteiger partial charge in [-0.1, -0.05) is 31.2 Å². The first-order valence-corrected chi connectivity index (χ1v) is 11.3. The van der Waals surface area contributed by atoms with Crippen LogP contribution in [0.3, 0.4) is 0 Å². The lowest BCUT2D eigenvalue weighted by molar-refractivity contribution is -0.183. The predicted molar refractivity (Wildman–Crippen MR) is 114 cm³/mol. The fraction of sp³-hybridized carbons (Fsp3) is 0.565.